The fraction of sp³-hybridized carbons (Fsp3) is 0.250. The number of anilines is 1. The lowest BCUT2D eigenvalue weighted by Crippen LogP contribution is -2.09. The maximum Gasteiger partial charge on any atom is 0.248 e. The highest BCUT2D eigenvalue weighted by Crippen LogP contribution is 2.40. The number of aryl methyl sites for hydroxylation is 1. The van der Waals surface area contributed by atoms with Crippen LogP contribution in [0.4, 0.5) is 5.69 Å². The van der Waals surface area contributed by atoms with Crippen molar-refractivity contribution in [1.82, 2.24) is 0 Å². The van der Waals surface area contributed by atoms with E-state index < -0.39 is 0 Å². The summed E-state index contributed by atoms with van der Waals surface area (Å²) in [5.74, 6) is 1.82. The van der Waals surface area contributed by atoms with Crippen LogP contribution in [0.5, 0.6) is 23.0 Å². The number of amides is 1. The summed E-state index contributed by atoms with van der Waals surface area (Å²) in [5, 5.41) is 2.81. The van der Waals surface area contributed by atoms with Crippen molar-refractivity contribution in [2.75, 3.05) is 33.8 Å². The van der Waals surface area contributed by atoms with Gasteiger partial charge in [0.25, 0.3) is 0 Å². The molecule has 0 aliphatic heterocycles. The number of carbonyl (C=O) groups excluding carboxylic acids is 1. The van der Waals surface area contributed by atoms with Crippen LogP contribution < -0.4 is 24.3 Å². The Balaban J connectivity index is 2.24. The van der Waals surface area contributed by atoms with Gasteiger partial charge in [-0.2, -0.15) is 0 Å². The molecule has 0 unspecified atom stereocenters. The Morgan fingerprint density at radius 3 is 2.15 bits per heavy atom. The highest BCUT2D eigenvalue weighted by Gasteiger charge is 2.14. The van der Waals surface area contributed by atoms with Crippen molar-refractivity contribution in [2.45, 2.75) is 6.92 Å². The Bertz CT molecular complexity index is 814. The van der Waals surface area contributed by atoms with E-state index in [-0.39, 0.29) is 5.91 Å². The predicted octanol–water partition coefficient (Wildman–Crippen LogP) is 3.68. The smallest absolute Gasteiger partial charge is 0.248 e. The van der Waals surface area contributed by atoms with E-state index in [4.69, 9.17) is 18.9 Å². The molecule has 6 heteroatoms. The highest BCUT2D eigenvalue weighted by atomic mass is 16.5. The van der Waals surface area contributed by atoms with E-state index >= 15 is 0 Å². The van der Waals surface area contributed by atoms with Crippen molar-refractivity contribution in [3.8, 4) is 23.0 Å². The molecular weight excluding hydrogens is 334 g/mol. The molecule has 2 aromatic rings. The van der Waals surface area contributed by atoms with Crippen LogP contribution in [0.3, 0.4) is 0 Å². The van der Waals surface area contributed by atoms with Crippen LogP contribution >= 0.6 is 0 Å². The number of hydrogen-bond donors (Lipinski definition) is 1. The second-order valence-electron chi connectivity index (χ2n) is 5.45. The van der Waals surface area contributed by atoms with Gasteiger partial charge >= 0.3 is 0 Å². The Hall–Kier alpha value is -3.15. The predicted molar refractivity (Wildman–Crippen MR) is 101 cm³/mol. The zero-order chi connectivity index (χ0) is 19.1. The number of ether oxygens (including phenoxy) is 4. The van der Waals surface area contributed by atoms with Gasteiger partial charge in [-0.15, -0.1) is 0 Å². The number of nitrogens with one attached hydrogen (secondary N) is 1. The van der Waals surface area contributed by atoms with Gasteiger partial charge in [-0.3, -0.25) is 4.79 Å². The minimum Gasteiger partial charge on any atom is -0.495 e. The first-order valence-electron chi connectivity index (χ1n) is 7.96. The number of carbonyl (C=O) groups is 1. The van der Waals surface area contributed by atoms with Crippen molar-refractivity contribution < 1.29 is 23.7 Å². The Morgan fingerprint density at radius 2 is 1.54 bits per heavy atom. The van der Waals surface area contributed by atoms with Gasteiger partial charge in [0.2, 0.25) is 11.7 Å². The van der Waals surface area contributed by atoms with Crippen molar-refractivity contribution in [3.05, 3.63) is 47.5 Å². The zero-order valence-corrected chi connectivity index (χ0v) is 15.6. The molecule has 0 saturated heterocycles. The molecule has 1 amide bonds. The molecule has 0 atom stereocenters. The third-order valence-corrected chi connectivity index (χ3v) is 3.76. The van der Waals surface area contributed by atoms with Gasteiger partial charge in [0, 0.05) is 11.6 Å². The van der Waals surface area contributed by atoms with E-state index in [2.05, 4.69) is 5.32 Å². The van der Waals surface area contributed by atoms with Crippen LogP contribution in [0.25, 0.3) is 6.08 Å². The molecule has 0 radical (unpaired) electrons. The second kappa shape index (κ2) is 8.80. The molecule has 0 aliphatic rings. The Labute approximate surface area is 153 Å². The van der Waals surface area contributed by atoms with E-state index in [9.17, 15) is 4.79 Å². The monoisotopic (exact) mass is 357 g/mol. The molecule has 2 rings (SSSR count). The van der Waals surface area contributed by atoms with Gasteiger partial charge in [-0.05, 0) is 42.8 Å². The van der Waals surface area contributed by atoms with Gasteiger partial charge in [-0.25, -0.2) is 0 Å². The highest BCUT2D eigenvalue weighted by molar-refractivity contribution is 6.03. The fourth-order valence-electron chi connectivity index (χ4n) is 2.52. The van der Waals surface area contributed by atoms with Crippen LogP contribution in [-0.4, -0.2) is 34.3 Å². The van der Waals surface area contributed by atoms with Crippen LogP contribution in [-0.2, 0) is 4.79 Å². The molecule has 1 N–H and O–H groups in total. The van der Waals surface area contributed by atoms with Gasteiger partial charge in [0.15, 0.2) is 11.5 Å². The summed E-state index contributed by atoms with van der Waals surface area (Å²) >= 11 is 0. The van der Waals surface area contributed by atoms with E-state index in [1.165, 1.54) is 20.3 Å². The average molecular weight is 357 g/mol. The molecule has 0 aliphatic carbocycles. The zero-order valence-electron chi connectivity index (χ0n) is 15.6. The first-order valence-corrected chi connectivity index (χ1v) is 7.96. The van der Waals surface area contributed by atoms with Crippen molar-refractivity contribution in [2.24, 2.45) is 0 Å². The van der Waals surface area contributed by atoms with Crippen molar-refractivity contribution >= 4 is 17.7 Å². The number of benzene rings is 2. The van der Waals surface area contributed by atoms with E-state index in [1.54, 1.807) is 32.4 Å². The summed E-state index contributed by atoms with van der Waals surface area (Å²) in [4.78, 5) is 12.3. The van der Waals surface area contributed by atoms with E-state index in [0.29, 0.717) is 34.2 Å². The summed E-state index contributed by atoms with van der Waals surface area (Å²) in [6.07, 6.45) is 3.07. The normalized spacial score (nSPS) is 10.5. The van der Waals surface area contributed by atoms with Gasteiger partial charge in [0.1, 0.15) is 5.75 Å². The van der Waals surface area contributed by atoms with E-state index in [1.807, 2.05) is 25.1 Å². The first-order chi connectivity index (χ1) is 12.5. The lowest BCUT2D eigenvalue weighted by atomic mass is 10.1. The second-order valence-corrected chi connectivity index (χ2v) is 5.45. The number of hydrogen-bond acceptors (Lipinski definition) is 5. The van der Waals surface area contributed by atoms with Crippen molar-refractivity contribution in [3.63, 3.8) is 0 Å². The summed E-state index contributed by atoms with van der Waals surface area (Å²) in [6.45, 7) is 1.94. The molecular formula is C20H23NO5. The van der Waals surface area contributed by atoms with Crippen LogP contribution in [0.1, 0.15) is 11.1 Å². The van der Waals surface area contributed by atoms with Gasteiger partial charge in [-0.1, -0.05) is 6.07 Å². The van der Waals surface area contributed by atoms with Crippen LogP contribution in [0.15, 0.2) is 36.4 Å². The molecule has 0 saturated carbocycles. The first kappa shape index (κ1) is 19.2. The maximum atomic E-state index is 12.3. The standard InChI is InChI=1S/C20H23NO5/c1-13-6-9-16(23-2)15(12-13)21-18(22)11-8-14-7-10-17(24-3)20(26-5)19(14)25-4/h6-12H,1-5H3,(H,21,22)/b11-8-. The third kappa shape index (κ3) is 4.27. The largest absolute Gasteiger partial charge is 0.495 e. The molecule has 0 bridgehead atoms. The molecule has 0 fully saturated rings. The Morgan fingerprint density at radius 1 is 0.885 bits per heavy atom. The molecule has 0 aromatic heterocycles. The lowest BCUT2D eigenvalue weighted by molar-refractivity contribution is -0.111. The van der Waals surface area contributed by atoms with Gasteiger partial charge < -0.3 is 24.3 Å². The quantitative estimate of drug-likeness (QED) is 0.766. The summed E-state index contributed by atoms with van der Waals surface area (Å²) in [7, 11) is 6.18. The molecule has 0 heterocycles. The topological polar surface area (TPSA) is 66.0 Å². The SMILES string of the molecule is COc1ccc(C)cc1NC(=O)/C=C\c1ccc(OC)c(OC)c1OC. The maximum absolute atomic E-state index is 12.3. The molecule has 138 valence electrons. The van der Waals surface area contributed by atoms with Gasteiger partial charge in [0.05, 0.1) is 34.1 Å². The minimum absolute atomic E-state index is 0.286. The summed E-state index contributed by atoms with van der Waals surface area (Å²) in [5.41, 5.74) is 2.32. The summed E-state index contributed by atoms with van der Waals surface area (Å²) < 4.78 is 21.3. The fourth-order valence-corrected chi connectivity index (χ4v) is 2.52. The summed E-state index contributed by atoms with van der Waals surface area (Å²) in [6, 6.07) is 9.12. The average Bonchev–Trinajstić information content (AvgIpc) is 2.65. The molecule has 26 heavy (non-hydrogen) atoms. The number of rotatable bonds is 7. The number of methoxy groups -OCH3 is 4. The van der Waals surface area contributed by atoms with Crippen LogP contribution in [0.2, 0.25) is 0 Å². The molecule has 6 nitrogen and oxygen atoms in total. The van der Waals surface area contributed by atoms with Crippen LogP contribution in [0, 0.1) is 6.92 Å². The lowest BCUT2D eigenvalue weighted by Gasteiger charge is -2.14. The molecule has 2 aromatic carbocycles. The third-order valence-electron chi connectivity index (χ3n) is 3.76. The molecule has 0 spiro atoms. The minimum atomic E-state index is -0.286. The Kier molecular flexibility index (Phi) is 6.49. The van der Waals surface area contributed by atoms with Crippen molar-refractivity contribution in [1.29, 1.82) is 0 Å². The van der Waals surface area contributed by atoms with E-state index in [0.717, 1.165) is 5.56 Å².